The van der Waals surface area contributed by atoms with E-state index in [1.54, 1.807) is 0 Å². The summed E-state index contributed by atoms with van der Waals surface area (Å²) in [5.74, 6) is 0. The summed E-state index contributed by atoms with van der Waals surface area (Å²) in [6, 6.07) is 59.1. The van der Waals surface area contributed by atoms with Gasteiger partial charge in [0.15, 0.2) is 0 Å². The van der Waals surface area contributed by atoms with Crippen LogP contribution in [0.4, 0.5) is 0 Å². The molecule has 0 bridgehead atoms. The zero-order valence-corrected chi connectivity index (χ0v) is 30.2. The Morgan fingerprint density at radius 1 is 0.304 bits per heavy atom. The number of nitrogens with zero attached hydrogens (tertiary/aromatic N) is 2. The van der Waals surface area contributed by atoms with Gasteiger partial charge in [0.2, 0.25) is 0 Å². The fraction of sp³-hybridized carbons (Fsp3) is 0. The lowest BCUT2D eigenvalue weighted by molar-refractivity contribution is 1.18. The van der Waals surface area contributed by atoms with Gasteiger partial charge in [0.25, 0.3) is 0 Å². The van der Waals surface area contributed by atoms with E-state index in [9.17, 15) is 8.22 Å². The average Bonchev–Trinajstić information content (AvgIpc) is 3.87. The van der Waals surface area contributed by atoms with Crippen molar-refractivity contribution in [2.75, 3.05) is 0 Å². The molecule has 0 N–H and O–H groups in total. The van der Waals surface area contributed by atoms with Crippen LogP contribution in [0.2, 0.25) is 0 Å². The van der Waals surface area contributed by atoms with Gasteiger partial charge in [-0.3, -0.25) is 0 Å². The summed E-state index contributed by atoms with van der Waals surface area (Å²) >= 11 is 0. The van der Waals surface area contributed by atoms with Crippen LogP contribution in [-0.4, -0.2) is 9.13 Å². The molecule has 0 saturated carbocycles. The molecule has 262 valence electrons. The van der Waals surface area contributed by atoms with E-state index in [1.807, 2.05) is 167 Å². The lowest BCUT2D eigenvalue weighted by Gasteiger charge is -2.13. The highest BCUT2D eigenvalue weighted by molar-refractivity contribution is 6.15. The van der Waals surface area contributed by atoms with Crippen molar-refractivity contribution in [1.82, 2.24) is 9.13 Å². The Morgan fingerprint density at radius 3 is 1.39 bits per heavy atom. The SMILES string of the molecule is [2H]c1c(-c2c([2H])c([2H])c3c(c2[2H])c2cccc(-c4ccccc4)c2n3-c2cccc(-c3ccccc3)c2)c([2H])c2c3ccccc3n(-c3cccc(-c4ccccc4)c3)c2c1[2H]. The highest BCUT2D eigenvalue weighted by Gasteiger charge is 2.19. The Labute approximate surface area is 334 Å². The molecule has 0 amide bonds. The second-order valence-electron chi connectivity index (χ2n) is 14.0. The van der Waals surface area contributed by atoms with Crippen molar-refractivity contribution < 1.29 is 8.22 Å². The smallest absolute Gasteiger partial charge is 0.0645 e. The molecule has 0 aliphatic carbocycles. The summed E-state index contributed by atoms with van der Waals surface area (Å²) < 4.78 is 62.8. The molecule has 11 rings (SSSR count). The largest absolute Gasteiger partial charge is 0.309 e. The molecule has 0 unspecified atom stereocenters. The van der Waals surface area contributed by atoms with Crippen LogP contribution in [0.25, 0.3) is 99.5 Å². The number of fused-ring (bicyclic) bond motifs is 6. The number of hydrogen-bond donors (Lipinski definition) is 0. The minimum absolute atomic E-state index is 0.0000262. The van der Waals surface area contributed by atoms with E-state index in [1.165, 1.54) is 0 Å². The molecule has 0 spiro atoms. The molecular formula is C54H36N2. The molecule has 2 aromatic heterocycles. The molecule has 11 aromatic rings. The van der Waals surface area contributed by atoms with Crippen LogP contribution < -0.4 is 0 Å². The molecule has 56 heavy (non-hydrogen) atoms. The zero-order chi connectivity index (χ0) is 42.2. The van der Waals surface area contributed by atoms with Crippen LogP contribution in [0.5, 0.6) is 0 Å². The highest BCUT2D eigenvalue weighted by atomic mass is 15.0. The first-order valence-electron chi connectivity index (χ1n) is 21.8. The maximum absolute atomic E-state index is 10.1. The van der Waals surface area contributed by atoms with E-state index in [0.717, 1.165) is 61.2 Å². The van der Waals surface area contributed by atoms with E-state index < -0.39 is 0 Å². The summed E-state index contributed by atoms with van der Waals surface area (Å²) in [6.45, 7) is 0. The third-order valence-corrected chi connectivity index (χ3v) is 10.7. The first-order chi connectivity index (χ1) is 30.3. The third-order valence-electron chi connectivity index (χ3n) is 10.7. The van der Waals surface area contributed by atoms with Crippen molar-refractivity contribution in [1.29, 1.82) is 0 Å². The van der Waals surface area contributed by atoms with Gasteiger partial charge >= 0.3 is 0 Å². The standard InChI is InChI=1S/C54H36N2/c1-4-15-37(16-5-1)40-21-12-23-44(33-40)55-51-28-11-10-25-47(51)49-35-42(29-31-52(49)55)43-30-32-53-50(36-43)48-27-14-26-46(39-19-8-3-9-20-39)54(48)56(53)45-24-13-22-41(34-45)38-17-6-2-7-18-38/h1-36H/i29D,30D,31D,32D,35D,36D. The van der Waals surface area contributed by atoms with Gasteiger partial charge in [0.05, 0.1) is 30.3 Å². The molecule has 0 saturated heterocycles. The highest BCUT2D eigenvalue weighted by Crippen LogP contribution is 2.41. The van der Waals surface area contributed by atoms with Crippen molar-refractivity contribution in [3.05, 3.63) is 218 Å². The molecule has 0 aliphatic heterocycles. The van der Waals surface area contributed by atoms with Crippen LogP contribution in [0.3, 0.4) is 0 Å². The van der Waals surface area contributed by atoms with Crippen LogP contribution in [-0.2, 0) is 0 Å². The number of hydrogen-bond acceptors (Lipinski definition) is 0. The summed E-state index contributed by atoms with van der Waals surface area (Å²) in [5, 5.41) is 2.34. The van der Waals surface area contributed by atoms with Gasteiger partial charge in [0.1, 0.15) is 0 Å². The normalized spacial score (nSPS) is 13.1. The second kappa shape index (κ2) is 13.2. The van der Waals surface area contributed by atoms with E-state index in [4.69, 9.17) is 0 Å². The third kappa shape index (κ3) is 5.26. The van der Waals surface area contributed by atoms with Gasteiger partial charge in [-0.15, -0.1) is 0 Å². The molecule has 2 heteroatoms. The van der Waals surface area contributed by atoms with E-state index >= 15 is 0 Å². The Bertz CT molecular complexity index is 3580. The minimum atomic E-state index is -0.271. The van der Waals surface area contributed by atoms with E-state index in [2.05, 4.69) is 24.3 Å². The first-order valence-corrected chi connectivity index (χ1v) is 18.8. The van der Waals surface area contributed by atoms with Crippen LogP contribution >= 0.6 is 0 Å². The maximum atomic E-state index is 10.1. The first kappa shape index (κ1) is 26.4. The molecule has 0 fully saturated rings. The molecule has 0 atom stereocenters. The molecular weight excluding hydrogens is 677 g/mol. The van der Waals surface area contributed by atoms with Crippen LogP contribution in [0.15, 0.2) is 218 Å². The van der Waals surface area contributed by atoms with E-state index in [0.29, 0.717) is 27.2 Å². The maximum Gasteiger partial charge on any atom is 0.0645 e. The summed E-state index contributed by atoms with van der Waals surface area (Å²) in [6.07, 6.45) is 0. The number of para-hydroxylation sites is 2. The molecule has 0 radical (unpaired) electrons. The van der Waals surface area contributed by atoms with Crippen molar-refractivity contribution >= 4 is 43.6 Å². The Hall–Kier alpha value is -7.42. The predicted octanol–water partition coefficient (Wildman–Crippen LogP) is 14.5. The lowest BCUT2D eigenvalue weighted by atomic mass is 9.99. The van der Waals surface area contributed by atoms with Crippen molar-refractivity contribution in [2.24, 2.45) is 0 Å². The van der Waals surface area contributed by atoms with Crippen LogP contribution in [0.1, 0.15) is 8.22 Å². The van der Waals surface area contributed by atoms with Crippen LogP contribution in [0, 0.1) is 0 Å². The topological polar surface area (TPSA) is 9.86 Å². The van der Waals surface area contributed by atoms with Crippen molar-refractivity contribution in [3.8, 4) is 55.9 Å². The summed E-state index contributed by atoms with van der Waals surface area (Å²) in [4.78, 5) is 0. The summed E-state index contributed by atoms with van der Waals surface area (Å²) in [7, 11) is 0. The summed E-state index contributed by atoms with van der Waals surface area (Å²) in [5.41, 5.74) is 9.83. The molecule has 9 aromatic carbocycles. The fourth-order valence-electron chi connectivity index (χ4n) is 8.16. The van der Waals surface area contributed by atoms with Gasteiger partial charge in [-0.2, -0.15) is 0 Å². The van der Waals surface area contributed by atoms with Gasteiger partial charge in [-0.05, 0) is 93.4 Å². The zero-order valence-electron chi connectivity index (χ0n) is 36.2. The van der Waals surface area contributed by atoms with Crippen molar-refractivity contribution in [3.63, 3.8) is 0 Å². The molecule has 2 nitrogen and oxygen atoms in total. The minimum Gasteiger partial charge on any atom is -0.309 e. The monoisotopic (exact) mass is 718 g/mol. The average molecular weight is 719 g/mol. The van der Waals surface area contributed by atoms with E-state index in [-0.39, 0.29) is 47.4 Å². The van der Waals surface area contributed by atoms with Gasteiger partial charge in [-0.25, -0.2) is 0 Å². The Morgan fingerprint density at radius 2 is 0.768 bits per heavy atom. The van der Waals surface area contributed by atoms with Gasteiger partial charge < -0.3 is 9.13 Å². The number of benzene rings is 9. The number of aromatic nitrogens is 2. The quantitative estimate of drug-likeness (QED) is 0.162. The predicted molar refractivity (Wildman–Crippen MR) is 237 cm³/mol. The lowest BCUT2D eigenvalue weighted by Crippen LogP contribution is -1.96. The van der Waals surface area contributed by atoms with Gasteiger partial charge in [-0.1, -0.05) is 164 Å². The second-order valence-corrected chi connectivity index (χ2v) is 14.0. The molecule has 2 heterocycles. The van der Waals surface area contributed by atoms with Gasteiger partial charge in [0, 0.05) is 38.5 Å². The van der Waals surface area contributed by atoms with Crippen molar-refractivity contribution in [2.45, 2.75) is 0 Å². The Kier molecular flexibility index (Phi) is 6.20. The number of rotatable bonds is 6. The Balaban J connectivity index is 1.22. The molecule has 0 aliphatic rings. The fourth-order valence-corrected chi connectivity index (χ4v) is 8.16.